The van der Waals surface area contributed by atoms with E-state index in [4.69, 9.17) is 5.73 Å². The van der Waals surface area contributed by atoms with E-state index in [-0.39, 0.29) is 0 Å². The second-order valence-corrected chi connectivity index (χ2v) is 5.30. The van der Waals surface area contributed by atoms with Gasteiger partial charge in [-0.1, -0.05) is 49.7 Å². The number of nitrogens with two attached hydrogens (primary N) is 1. The molecule has 2 rings (SSSR count). The van der Waals surface area contributed by atoms with E-state index >= 15 is 0 Å². The normalized spacial score (nSPS) is 10.5. The minimum atomic E-state index is 0.841. The largest absolute Gasteiger partial charge is 0.397 e. The van der Waals surface area contributed by atoms with Crippen LogP contribution in [-0.4, -0.2) is 13.6 Å². The SMILES string of the molecule is CCCc1ccc(CCN(C)c2ccccc2N)cc1. The molecule has 0 aliphatic carbocycles. The van der Waals surface area contributed by atoms with Gasteiger partial charge in [0, 0.05) is 13.6 Å². The molecule has 0 atom stereocenters. The van der Waals surface area contributed by atoms with Crippen molar-refractivity contribution in [2.24, 2.45) is 0 Å². The monoisotopic (exact) mass is 268 g/mol. The molecule has 0 bridgehead atoms. The molecule has 0 spiro atoms. The smallest absolute Gasteiger partial charge is 0.0597 e. The Bertz CT molecular complexity index is 531. The van der Waals surface area contributed by atoms with Gasteiger partial charge < -0.3 is 10.6 Å². The zero-order chi connectivity index (χ0) is 14.4. The predicted octanol–water partition coefficient (Wildman–Crippen LogP) is 3.90. The van der Waals surface area contributed by atoms with Crippen LogP contribution in [0.2, 0.25) is 0 Å². The standard InChI is InChI=1S/C18H24N2/c1-3-6-15-9-11-16(12-10-15)13-14-20(2)18-8-5-4-7-17(18)19/h4-5,7-12H,3,6,13-14,19H2,1-2H3. The minimum absolute atomic E-state index is 0.841. The summed E-state index contributed by atoms with van der Waals surface area (Å²) in [6.45, 7) is 3.19. The van der Waals surface area contributed by atoms with Crippen molar-refractivity contribution in [2.75, 3.05) is 24.2 Å². The number of para-hydroxylation sites is 2. The second kappa shape index (κ2) is 6.99. The fourth-order valence-corrected chi connectivity index (χ4v) is 2.41. The Morgan fingerprint density at radius 1 is 0.900 bits per heavy atom. The second-order valence-electron chi connectivity index (χ2n) is 5.30. The molecule has 20 heavy (non-hydrogen) atoms. The van der Waals surface area contributed by atoms with Crippen LogP contribution in [0.25, 0.3) is 0 Å². The Kier molecular flexibility index (Phi) is 5.05. The third-order valence-corrected chi connectivity index (χ3v) is 3.65. The van der Waals surface area contributed by atoms with Crippen LogP contribution in [0.5, 0.6) is 0 Å². The van der Waals surface area contributed by atoms with Gasteiger partial charge in [-0.2, -0.15) is 0 Å². The van der Waals surface area contributed by atoms with E-state index in [1.807, 2.05) is 18.2 Å². The molecular weight excluding hydrogens is 244 g/mol. The lowest BCUT2D eigenvalue weighted by Gasteiger charge is -2.21. The molecule has 2 nitrogen and oxygen atoms in total. The Morgan fingerprint density at radius 2 is 1.50 bits per heavy atom. The first kappa shape index (κ1) is 14.4. The number of hydrogen-bond donors (Lipinski definition) is 1. The number of likely N-dealkylation sites (N-methyl/N-ethyl adjacent to an activating group) is 1. The van der Waals surface area contributed by atoms with Crippen LogP contribution < -0.4 is 10.6 Å². The summed E-state index contributed by atoms with van der Waals surface area (Å²) in [5.41, 5.74) is 10.8. The quantitative estimate of drug-likeness (QED) is 0.805. The Morgan fingerprint density at radius 3 is 2.10 bits per heavy atom. The first-order chi connectivity index (χ1) is 9.70. The van der Waals surface area contributed by atoms with Gasteiger partial charge in [0.05, 0.1) is 11.4 Å². The molecule has 0 aliphatic heterocycles. The molecule has 0 unspecified atom stereocenters. The average molecular weight is 268 g/mol. The first-order valence-corrected chi connectivity index (χ1v) is 7.34. The molecule has 0 amide bonds. The van der Waals surface area contributed by atoms with E-state index < -0.39 is 0 Å². The maximum Gasteiger partial charge on any atom is 0.0597 e. The number of rotatable bonds is 6. The molecule has 2 N–H and O–H groups in total. The molecule has 0 fully saturated rings. The minimum Gasteiger partial charge on any atom is -0.397 e. The van der Waals surface area contributed by atoms with E-state index in [1.54, 1.807) is 0 Å². The van der Waals surface area contributed by atoms with Gasteiger partial charge in [0.15, 0.2) is 0 Å². The molecule has 0 saturated heterocycles. The number of nitrogen functional groups attached to an aromatic ring is 1. The fraction of sp³-hybridized carbons (Fsp3) is 0.333. The lowest BCUT2D eigenvalue weighted by Crippen LogP contribution is -2.21. The van der Waals surface area contributed by atoms with E-state index in [0.717, 1.165) is 24.3 Å². The highest BCUT2D eigenvalue weighted by Gasteiger charge is 2.04. The molecule has 0 radical (unpaired) electrons. The number of aryl methyl sites for hydroxylation is 1. The number of nitrogens with zero attached hydrogens (tertiary/aromatic N) is 1. The maximum atomic E-state index is 6.00. The van der Waals surface area contributed by atoms with Crippen molar-refractivity contribution in [3.8, 4) is 0 Å². The van der Waals surface area contributed by atoms with Gasteiger partial charge in [-0.15, -0.1) is 0 Å². The van der Waals surface area contributed by atoms with Crippen molar-refractivity contribution in [1.82, 2.24) is 0 Å². The van der Waals surface area contributed by atoms with Crippen molar-refractivity contribution in [3.05, 3.63) is 59.7 Å². The highest BCUT2D eigenvalue weighted by molar-refractivity contribution is 5.66. The summed E-state index contributed by atoms with van der Waals surface area (Å²) in [6.07, 6.45) is 3.41. The maximum absolute atomic E-state index is 6.00. The van der Waals surface area contributed by atoms with Gasteiger partial charge >= 0.3 is 0 Å². The number of hydrogen-bond acceptors (Lipinski definition) is 2. The van der Waals surface area contributed by atoms with Gasteiger partial charge in [-0.05, 0) is 36.1 Å². The van der Waals surface area contributed by atoms with Crippen LogP contribution in [-0.2, 0) is 12.8 Å². The molecule has 0 saturated carbocycles. The molecule has 2 aromatic rings. The van der Waals surface area contributed by atoms with Gasteiger partial charge in [0.25, 0.3) is 0 Å². The van der Waals surface area contributed by atoms with E-state index in [1.165, 1.54) is 24.0 Å². The molecule has 106 valence electrons. The molecule has 2 heteroatoms. The molecule has 0 aromatic heterocycles. The van der Waals surface area contributed by atoms with Crippen LogP contribution >= 0.6 is 0 Å². The zero-order valence-corrected chi connectivity index (χ0v) is 12.5. The van der Waals surface area contributed by atoms with E-state index in [9.17, 15) is 0 Å². The van der Waals surface area contributed by atoms with E-state index in [2.05, 4.69) is 49.2 Å². The Labute approximate surface area is 122 Å². The lowest BCUT2D eigenvalue weighted by molar-refractivity contribution is 0.874. The third-order valence-electron chi connectivity index (χ3n) is 3.65. The Hall–Kier alpha value is -1.96. The third kappa shape index (κ3) is 3.77. The lowest BCUT2D eigenvalue weighted by atomic mass is 10.1. The highest BCUT2D eigenvalue weighted by Crippen LogP contribution is 2.21. The van der Waals surface area contributed by atoms with Crippen molar-refractivity contribution in [1.29, 1.82) is 0 Å². The predicted molar refractivity (Wildman–Crippen MR) is 88.3 cm³/mol. The summed E-state index contributed by atoms with van der Waals surface area (Å²) in [5, 5.41) is 0. The van der Waals surface area contributed by atoms with Crippen LogP contribution in [0.4, 0.5) is 11.4 Å². The van der Waals surface area contributed by atoms with Crippen molar-refractivity contribution >= 4 is 11.4 Å². The van der Waals surface area contributed by atoms with Crippen LogP contribution in [0.1, 0.15) is 24.5 Å². The summed E-state index contributed by atoms with van der Waals surface area (Å²) in [7, 11) is 2.09. The van der Waals surface area contributed by atoms with Crippen molar-refractivity contribution in [2.45, 2.75) is 26.2 Å². The summed E-state index contributed by atoms with van der Waals surface area (Å²) in [5.74, 6) is 0. The Balaban J connectivity index is 1.93. The fourth-order valence-electron chi connectivity index (χ4n) is 2.41. The summed E-state index contributed by atoms with van der Waals surface area (Å²) in [4.78, 5) is 2.22. The topological polar surface area (TPSA) is 29.3 Å². The summed E-state index contributed by atoms with van der Waals surface area (Å²) < 4.78 is 0. The van der Waals surface area contributed by atoms with Gasteiger partial charge in [-0.25, -0.2) is 0 Å². The van der Waals surface area contributed by atoms with Crippen molar-refractivity contribution < 1.29 is 0 Å². The highest BCUT2D eigenvalue weighted by atomic mass is 15.1. The van der Waals surface area contributed by atoms with Crippen LogP contribution in [0.15, 0.2) is 48.5 Å². The summed E-state index contributed by atoms with van der Waals surface area (Å²) >= 11 is 0. The number of benzene rings is 2. The zero-order valence-electron chi connectivity index (χ0n) is 12.5. The van der Waals surface area contributed by atoms with Gasteiger partial charge in [0.2, 0.25) is 0 Å². The summed E-state index contributed by atoms with van der Waals surface area (Å²) in [6, 6.07) is 17.0. The van der Waals surface area contributed by atoms with Gasteiger partial charge in [0.1, 0.15) is 0 Å². The first-order valence-electron chi connectivity index (χ1n) is 7.34. The average Bonchev–Trinajstić information content (AvgIpc) is 2.47. The molecule has 0 heterocycles. The van der Waals surface area contributed by atoms with Crippen molar-refractivity contribution in [3.63, 3.8) is 0 Å². The molecule has 0 aliphatic rings. The number of anilines is 2. The molecule has 2 aromatic carbocycles. The molecular formula is C18H24N2. The van der Waals surface area contributed by atoms with Gasteiger partial charge in [-0.3, -0.25) is 0 Å². The van der Waals surface area contributed by atoms with E-state index in [0.29, 0.717) is 0 Å². The van der Waals surface area contributed by atoms with Crippen LogP contribution in [0.3, 0.4) is 0 Å². The van der Waals surface area contributed by atoms with Crippen LogP contribution in [0, 0.1) is 0 Å².